The van der Waals surface area contributed by atoms with Gasteiger partial charge in [-0.25, -0.2) is 0 Å². The van der Waals surface area contributed by atoms with Gasteiger partial charge in [0.25, 0.3) is 0 Å². The third kappa shape index (κ3) is 2.44. The van der Waals surface area contributed by atoms with Crippen molar-refractivity contribution < 1.29 is 0 Å². The van der Waals surface area contributed by atoms with Crippen molar-refractivity contribution in [3.05, 3.63) is 24.5 Å². The summed E-state index contributed by atoms with van der Waals surface area (Å²) >= 11 is 0. The Morgan fingerprint density at radius 2 is 2.16 bits per heavy atom. The van der Waals surface area contributed by atoms with Gasteiger partial charge in [0.1, 0.15) is 0 Å². The molecule has 1 saturated heterocycles. The van der Waals surface area contributed by atoms with Crippen molar-refractivity contribution in [3.63, 3.8) is 0 Å². The average Bonchev–Trinajstić information content (AvgIpc) is 2.93. The number of rotatable bonds is 2. The zero-order chi connectivity index (χ0) is 13.2. The van der Waals surface area contributed by atoms with E-state index in [9.17, 15) is 0 Å². The van der Waals surface area contributed by atoms with Crippen molar-refractivity contribution in [1.82, 2.24) is 20.2 Å². The molecule has 0 radical (unpaired) electrons. The first-order valence-electron chi connectivity index (χ1n) is 6.57. The fourth-order valence-corrected chi connectivity index (χ4v) is 2.31. The first kappa shape index (κ1) is 12.1. The monoisotopic (exact) mass is 258 g/mol. The minimum Gasteiger partial charge on any atom is -0.338 e. The number of hydrogen-bond acceptors (Lipinski definition) is 5. The summed E-state index contributed by atoms with van der Waals surface area (Å²) in [5.74, 6) is 2.06. The predicted octanol–water partition coefficient (Wildman–Crippen LogP) is 1.04. The lowest BCUT2D eigenvalue weighted by molar-refractivity contribution is 0.376. The Bertz CT molecular complexity index is 537. The summed E-state index contributed by atoms with van der Waals surface area (Å²) < 4.78 is 0. The maximum absolute atomic E-state index is 6.11. The largest absolute Gasteiger partial charge is 0.338 e. The maximum Gasteiger partial charge on any atom is 0.245 e. The Labute approximate surface area is 112 Å². The quantitative estimate of drug-likeness (QED) is 0.841. The van der Waals surface area contributed by atoms with Crippen molar-refractivity contribution in [1.29, 1.82) is 0 Å². The Morgan fingerprint density at radius 1 is 1.37 bits per heavy atom. The SMILES string of the molecule is CC1CCN(c2n[nH]c(-c3ccncc3)n2)CC1N. The van der Waals surface area contributed by atoms with E-state index in [2.05, 4.69) is 32.0 Å². The number of anilines is 1. The van der Waals surface area contributed by atoms with Crippen molar-refractivity contribution in [2.24, 2.45) is 11.7 Å². The van der Waals surface area contributed by atoms with Crippen molar-refractivity contribution in [2.45, 2.75) is 19.4 Å². The molecule has 1 fully saturated rings. The van der Waals surface area contributed by atoms with Gasteiger partial charge in [0.05, 0.1) is 0 Å². The first-order chi connectivity index (χ1) is 9.24. The van der Waals surface area contributed by atoms with E-state index in [1.807, 2.05) is 12.1 Å². The van der Waals surface area contributed by atoms with Gasteiger partial charge in [-0.1, -0.05) is 6.92 Å². The number of pyridine rings is 1. The Balaban J connectivity index is 1.79. The fourth-order valence-electron chi connectivity index (χ4n) is 2.31. The molecule has 2 aromatic rings. The molecular weight excluding hydrogens is 240 g/mol. The maximum atomic E-state index is 6.11. The molecule has 0 amide bonds. The Kier molecular flexibility index (Phi) is 3.16. The van der Waals surface area contributed by atoms with Crippen LogP contribution in [-0.4, -0.2) is 39.3 Å². The third-order valence-corrected chi connectivity index (χ3v) is 3.73. The van der Waals surface area contributed by atoms with Crippen LogP contribution in [0.5, 0.6) is 0 Å². The summed E-state index contributed by atoms with van der Waals surface area (Å²) in [5, 5.41) is 7.26. The second-order valence-electron chi connectivity index (χ2n) is 5.10. The van der Waals surface area contributed by atoms with Gasteiger partial charge in [-0.2, -0.15) is 4.98 Å². The summed E-state index contributed by atoms with van der Waals surface area (Å²) in [5.41, 5.74) is 7.10. The molecule has 2 aromatic heterocycles. The molecule has 3 heterocycles. The molecular formula is C13H18N6. The van der Waals surface area contributed by atoms with Crippen LogP contribution in [-0.2, 0) is 0 Å². The number of nitrogens with two attached hydrogens (primary N) is 1. The molecule has 3 N–H and O–H groups in total. The molecule has 3 rings (SSSR count). The number of piperidine rings is 1. The van der Waals surface area contributed by atoms with E-state index >= 15 is 0 Å². The summed E-state index contributed by atoms with van der Waals surface area (Å²) in [4.78, 5) is 10.7. The molecule has 1 aliphatic heterocycles. The zero-order valence-corrected chi connectivity index (χ0v) is 11.0. The molecule has 2 atom stereocenters. The van der Waals surface area contributed by atoms with Crippen LogP contribution in [0.1, 0.15) is 13.3 Å². The molecule has 19 heavy (non-hydrogen) atoms. The summed E-state index contributed by atoms with van der Waals surface area (Å²) in [6, 6.07) is 4.01. The Hall–Kier alpha value is -1.95. The number of nitrogens with one attached hydrogen (secondary N) is 1. The normalized spacial score (nSPS) is 23.6. The van der Waals surface area contributed by atoms with Crippen LogP contribution in [0.4, 0.5) is 5.95 Å². The van der Waals surface area contributed by atoms with Crippen LogP contribution >= 0.6 is 0 Å². The fraction of sp³-hybridized carbons (Fsp3) is 0.462. The number of H-pyrrole nitrogens is 1. The molecule has 100 valence electrons. The molecule has 0 saturated carbocycles. The van der Waals surface area contributed by atoms with Crippen LogP contribution in [0.25, 0.3) is 11.4 Å². The lowest BCUT2D eigenvalue weighted by Crippen LogP contribution is -2.48. The highest BCUT2D eigenvalue weighted by atomic mass is 15.4. The molecule has 6 nitrogen and oxygen atoms in total. The minimum atomic E-state index is 0.191. The lowest BCUT2D eigenvalue weighted by atomic mass is 9.95. The highest BCUT2D eigenvalue weighted by Gasteiger charge is 2.25. The molecule has 0 aromatic carbocycles. The summed E-state index contributed by atoms with van der Waals surface area (Å²) in [6.45, 7) is 3.97. The molecule has 6 heteroatoms. The van der Waals surface area contributed by atoms with E-state index in [0.717, 1.165) is 36.8 Å². The summed E-state index contributed by atoms with van der Waals surface area (Å²) in [6.07, 6.45) is 4.58. The van der Waals surface area contributed by atoms with E-state index in [0.29, 0.717) is 5.92 Å². The number of aromatic amines is 1. The van der Waals surface area contributed by atoms with Gasteiger partial charge in [-0.3, -0.25) is 10.1 Å². The molecule has 2 unspecified atom stereocenters. The van der Waals surface area contributed by atoms with Gasteiger partial charge in [0, 0.05) is 37.1 Å². The standard InChI is InChI=1S/C13H18N6/c1-9-4-7-19(8-11(9)14)13-16-12(17-18-13)10-2-5-15-6-3-10/h2-3,5-6,9,11H,4,7-8,14H2,1H3,(H,16,17,18). The van der Waals surface area contributed by atoms with Crippen LogP contribution in [0.2, 0.25) is 0 Å². The van der Waals surface area contributed by atoms with Crippen LogP contribution in [0, 0.1) is 5.92 Å². The van der Waals surface area contributed by atoms with E-state index in [1.165, 1.54) is 0 Å². The number of aromatic nitrogens is 4. The highest BCUT2D eigenvalue weighted by molar-refractivity contribution is 5.55. The molecule has 0 aliphatic carbocycles. The second-order valence-corrected chi connectivity index (χ2v) is 5.10. The number of hydrogen-bond donors (Lipinski definition) is 2. The van der Waals surface area contributed by atoms with Gasteiger partial charge in [-0.15, -0.1) is 5.10 Å². The van der Waals surface area contributed by atoms with Crippen LogP contribution < -0.4 is 10.6 Å². The first-order valence-corrected chi connectivity index (χ1v) is 6.57. The van der Waals surface area contributed by atoms with Crippen LogP contribution in [0.15, 0.2) is 24.5 Å². The zero-order valence-electron chi connectivity index (χ0n) is 11.0. The average molecular weight is 258 g/mol. The predicted molar refractivity (Wildman–Crippen MR) is 73.6 cm³/mol. The second kappa shape index (κ2) is 4.97. The van der Waals surface area contributed by atoms with Crippen molar-refractivity contribution >= 4 is 5.95 Å². The van der Waals surface area contributed by atoms with E-state index in [-0.39, 0.29) is 6.04 Å². The van der Waals surface area contributed by atoms with E-state index < -0.39 is 0 Å². The molecule has 0 spiro atoms. The van der Waals surface area contributed by atoms with Gasteiger partial charge in [-0.05, 0) is 24.5 Å². The molecule has 0 bridgehead atoms. The molecule has 1 aliphatic rings. The summed E-state index contributed by atoms with van der Waals surface area (Å²) in [7, 11) is 0. The van der Waals surface area contributed by atoms with Crippen molar-refractivity contribution in [2.75, 3.05) is 18.0 Å². The van der Waals surface area contributed by atoms with Gasteiger partial charge in [0.2, 0.25) is 5.95 Å². The number of nitrogens with zero attached hydrogens (tertiary/aromatic N) is 4. The van der Waals surface area contributed by atoms with Gasteiger partial charge in [0.15, 0.2) is 5.82 Å². The lowest BCUT2D eigenvalue weighted by Gasteiger charge is -2.34. The highest BCUT2D eigenvalue weighted by Crippen LogP contribution is 2.21. The van der Waals surface area contributed by atoms with Gasteiger partial charge < -0.3 is 10.6 Å². The van der Waals surface area contributed by atoms with Crippen LogP contribution in [0.3, 0.4) is 0 Å². The third-order valence-electron chi connectivity index (χ3n) is 3.73. The van der Waals surface area contributed by atoms with Gasteiger partial charge >= 0.3 is 0 Å². The Morgan fingerprint density at radius 3 is 2.89 bits per heavy atom. The topological polar surface area (TPSA) is 83.7 Å². The minimum absolute atomic E-state index is 0.191. The van der Waals surface area contributed by atoms with E-state index in [4.69, 9.17) is 5.73 Å². The van der Waals surface area contributed by atoms with E-state index in [1.54, 1.807) is 12.4 Å². The van der Waals surface area contributed by atoms with Crippen molar-refractivity contribution in [3.8, 4) is 11.4 Å². The smallest absolute Gasteiger partial charge is 0.245 e.